The maximum atomic E-state index is 12.9. The number of nitrogens with one attached hydrogen (secondary N) is 1. The SMILES string of the molecule is C[C@@H](CC(=O)N1C2CCC1(C(=O)O)CC2)NC(=O)OCC1c2ccccc2-c2ccccc21. The van der Waals surface area contributed by atoms with E-state index in [2.05, 4.69) is 29.6 Å². The number of nitrogens with zero attached hydrogens (tertiary/aromatic N) is 1. The van der Waals surface area contributed by atoms with Crippen LogP contribution in [0.4, 0.5) is 4.79 Å². The Balaban J connectivity index is 1.19. The van der Waals surface area contributed by atoms with Crippen LogP contribution in [-0.2, 0) is 14.3 Å². The number of rotatable bonds is 6. The van der Waals surface area contributed by atoms with Gasteiger partial charge in [0.25, 0.3) is 0 Å². The molecule has 2 aliphatic heterocycles. The minimum absolute atomic E-state index is 0.00439. The van der Waals surface area contributed by atoms with Gasteiger partial charge in [0.15, 0.2) is 0 Å². The Hall–Kier alpha value is -3.35. The fourth-order valence-corrected chi connectivity index (χ4v) is 5.94. The highest BCUT2D eigenvalue weighted by Gasteiger charge is 2.58. The number of aliphatic carboxylic acids is 1. The van der Waals surface area contributed by atoms with Gasteiger partial charge in [0, 0.05) is 24.4 Å². The summed E-state index contributed by atoms with van der Waals surface area (Å²) in [4.78, 5) is 38.8. The molecule has 3 aliphatic rings. The number of amides is 2. The third kappa shape index (κ3) is 3.56. The molecule has 0 aromatic heterocycles. The van der Waals surface area contributed by atoms with Crippen molar-refractivity contribution in [2.75, 3.05) is 6.61 Å². The van der Waals surface area contributed by atoms with Gasteiger partial charge in [-0.15, -0.1) is 0 Å². The normalized spacial score (nSPS) is 23.7. The molecule has 0 unspecified atom stereocenters. The monoisotopic (exact) mass is 448 g/mol. The number of carbonyl (C=O) groups is 3. The van der Waals surface area contributed by atoms with Gasteiger partial charge in [-0.2, -0.15) is 0 Å². The highest BCUT2D eigenvalue weighted by molar-refractivity contribution is 5.89. The molecule has 172 valence electrons. The van der Waals surface area contributed by atoms with Crippen molar-refractivity contribution in [1.29, 1.82) is 0 Å². The number of carboxylic acids is 1. The van der Waals surface area contributed by atoms with Gasteiger partial charge in [-0.05, 0) is 54.9 Å². The van der Waals surface area contributed by atoms with Crippen molar-refractivity contribution >= 4 is 18.0 Å². The van der Waals surface area contributed by atoms with Crippen LogP contribution >= 0.6 is 0 Å². The van der Waals surface area contributed by atoms with Gasteiger partial charge >= 0.3 is 12.1 Å². The van der Waals surface area contributed by atoms with Gasteiger partial charge in [0.2, 0.25) is 5.91 Å². The third-order valence-corrected chi connectivity index (χ3v) is 7.46. The van der Waals surface area contributed by atoms with E-state index in [0.717, 1.165) is 35.1 Å². The van der Waals surface area contributed by atoms with Gasteiger partial charge in [0.1, 0.15) is 12.1 Å². The molecule has 2 N–H and O–H groups in total. The topological polar surface area (TPSA) is 95.9 Å². The number of hydrogen-bond acceptors (Lipinski definition) is 4. The molecule has 5 rings (SSSR count). The molecular formula is C26H28N2O5. The molecule has 2 aromatic rings. The Bertz CT molecular complexity index is 1060. The molecule has 2 amide bonds. The second kappa shape index (κ2) is 8.21. The largest absolute Gasteiger partial charge is 0.479 e. The van der Waals surface area contributed by atoms with Crippen LogP contribution in [0.2, 0.25) is 0 Å². The number of benzene rings is 2. The third-order valence-electron chi connectivity index (χ3n) is 7.46. The first-order chi connectivity index (χ1) is 15.9. The number of alkyl carbamates (subject to hydrolysis) is 1. The standard InChI is InChI=1S/C26H28N2O5/c1-16(14-23(29)28-17-10-12-26(28,13-11-17)24(30)31)27-25(32)33-15-22-20-8-4-2-6-18(20)19-7-3-5-9-21(19)22/h2-9,16-17,22H,10-15H2,1H3,(H,27,32)(H,30,31)/t16-,17?,26?/m0/s1. The molecule has 0 saturated carbocycles. The molecule has 2 fully saturated rings. The molecule has 7 nitrogen and oxygen atoms in total. The zero-order chi connectivity index (χ0) is 23.2. The zero-order valence-electron chi connectivity index (χ0n) is 18.6. The van der Waals surface area contributed by atoms with E-state index in [9.17, 15) is 19.5 Å². The average molecular weight is 449 g/mol. The van der Waals surface area contributed by atoms with E-state index in [-0.39, 0.29) is 30.9 Å². The number of fused-ring (bicyclic) bond motifs is 5. The Morgan fingerprint density at radius 2 is 1.64 bits per heavy atom. The van der Waals surface area contributed by atoms with Gasteiger partial charge in [0.05, 0.1) is 0 Å². The molecule has 1 atom stereocenters. The Labute approximate surface area is 192 Å². The molecule has 33 heavy (non-hydrogen) atoms. The summed E-state index contributed by atoms with van der Waals surface area (Å²) >= 11 is 0. The Morgan fingerprint density at radius 1 is 1.06 bits per heavy atom. The highest BCUT2D eigenvalue weighted by atomic mass is 16.5. The van der Waals surface area contributed by atoms with Crippen LogP contribution in [-0.4, -0.2) is 52.2 Å². The second-order valence-electron chi connectivity index (χ2n) is 9.41. The number of ether oxygens (including phenoxy) is 1. The predicted octanol–water partition coefficient (Wildman–Crippen LogP) is 3.91. The first kappa shape index (κ1) is 21.5. The molecule has 2 saturated heterocycles. The van der Waals surface area contributed by atoms with Crippen LogP contribution in [0.5, 0.6) is 0 Å². The molecule has 0 radical (unpaired) electrons. The predicted molar refractivity (Wildman–Crippen MR) is 122 cm³/mol. The number of carbonyl (C=O) groups excluding carboxylic acids is 2. The van der Waals surface area contributed by atoms with E-state index in [1.54, 1.807) is 11.8 Å². The van der Waals surface area contributed by atoms with Crippen molar-refractivity contribution < 1.29 is 24.2 Å². The lowest BCUT2D eigenvalue weighted by atomic mass is 9.88. The van der Waals surface area contributed by atoms with Crippen molar-refractivity contribution in [2.24, 2.45) is 0 Å². The maximum Gasteiger partial charge on any atom is 0.407 e. The van der Waals surface area contributed by atoms with E-state index in [4.69, 9.17) is 4.74 Å². The summed E-state index contributed by atoms with van der Waals surface area (Å²) in [5.74, 6) is -1.17. The Morgan fingerprint density at radius 3 is 2.21 bits per heavy atom. The van der Waals surface area contributed by atoms with Gasteiger partial charge in [-0.1, -0.05) is 48.5 Å². The van der Waals surface area contributed by atoms with Crippen molar-refractivity contribution in [1.82, 2.24) is 10.2 Å². The highest BCUT2D eigenvalue weighted by Crippen LogP contribution is 2.47. The first-order valence-electron chi connectivity index (χ1n) is 11.6. The lowest BCUT2D eigenvalue weighted by molar-refractivity contribution is -0.155. The zero-order valence-corrected chi connectivity index (χ0v) is 18.6. The summed E-state index contributed by atoms with van der Waals surface area (Å²) in [5.41, 5.74) is 3.53. The maximum absolute atomic E-state index is 12.9. The summed E-state index contributed by atoms with van der Waals surface area (Å²) < 4.78 is 5.56. The van der Waals surface area contributed by atoms with E-state index in [1.807, 2.05) is 24.3 Å². The van der Waals surface area contributed by atoms with E-state index < -0.39 is 23.6 Å². The van der Waals surface area contributed by atoms with Gasteiger partial charge < -0.3 is 20.1 Å². The summed E-state index contributed by atoms with van der Waals surface area (Å²) in [6.45, 7) is 1.95. The van der Waals surface area contributed by atoms with Gasteiger partial charge in [-0.25, -0.2) is 9.59 Å². The van der Waals surface area contributed by atoms with Crippen LogP contribution in [0, 0.1) is 0 Å². The van der Waals surface area contributed by atoms with Crippen molar-refractivity contribution in [2.45, 2.75) is 62.6 Å². The average Bonchev–Trinajstić information content (AvgIpc) is 3.46. The fraction of sp³-hybridized carbons (Fsp3) is 0.423. The summed E-state index contributed by atoms with van der Waals surface area (Å²) in [5, 5.41) is 12.5. The van der Waals surface area contributed by atoms with E-state index >= 15 is 0 Å². The minimum Gasteiger partial charge on any atom is -0.479 e. The van der Waals surface area contributed by atoms with Crippen LogP contribution in [0.15, 0.2) is 48.5 Å². The Kier molecular flexibility index (Phi) is 5.35. The lowest BCUT2D eigenvalue weighted by Crippen LogP contribution is -2.52. The molecule has 2 bridgehead atoms. The summed E-state index contributed by atoms with van der Waals surface area (Å²) in [7, 11) is 0. The minimum atomic E-state index is -1.06. The van der Waals surface area contributed by atoms with Crippen LogP contribution in [0.3, 0.4) is 0 Å². The molecule has 7 heteroatoms. The molecule has 1 aliphatic carbocycles. The summed E-state index contributed by atoms with van der Waals surface area (Å²) in [6, 6.07) is 15.8. The first-order valence-corrected chi connectivity index (χ1v) is 11.6. The molecule has 2 heterocycles. The van der Waals surface area contributed by atoms with Crippen LogP contribution in [0.25, 0.3) is 11.1 Å². The van der Waals surface area contributed by atoms with Crippen molar-refractivity contribution in [3.05, 3.63) is 59.7 Å². The van der Waals surface area contributed by atoms with E-state index in [0.29, 0.717) is 12.8 Å². The molecule has 0 spiro atoms. The van der Waals surface area contributed by atoms with Crippen LogP contribution < -0.4 is 5.32 Å². The van der Waals surface area contributed by atoms with Crippen molar-refractivity contribution in [3.8, 4) is 11.1 Å². The second-order valence-corrected chi connectivity index (χ2v) is 9.41. The fourth-order valence-electron chi connectivity index (χ4n) is 5.94. The molecular weight excluding hydrogens is 420 g/mol. The van der Waals surface area contributed by atoms with Crippen molar-refractivity contribution in [3.63, 3.8) is 0 Å². The summed E-state index contributed by atoms with van der Waals surface area (Å²) in [6.07, 6.45) is 1.95. The number of carboxylic acid groups (broad SMARTS) is 1. The lowest BCUT2D eigenvalue weighted by Gasteiger charge is -2.31. The van der Waals surface area contributed by atoms with Crippen LogP contribution in [0.1, 0.15) is 56.1 Å². The smallest absolute Gasteiger partial charge is 0.407 e. The molecule has 2 aromatic carbocycles. The van der Waals surface area contributed by atoms with E-state index in [1.165, 1.54) is 0 Å². The van der Waals surface area contributed by atoms with Gasteiger partial charge in [-0.3, -0.25) is 4.79 Å². The quantitative estimate of drug-likeness (QED) is 0.699. The number of hydrogen-bond donors (Lipinski definition) is 2.